The number of fused-ring (bicyclic) bond motifs is 3. The van der Waals surface area contributed by atoms with E-state index in [2.05, 4.69) is 38.7 Å². The van der Waals surface area contributed by atoms with Gasteiger partial charge in [-0.05, 0) is 128 Å². The lowest BCUT2D eigenvalue weighted by Crippen LogP contribution is -2.47. The molecule has 5 aliphatic carbocycles. The van der Waals surface area contributed by atoms with Gasteiger partial charge in [0.05, 0.1) is 11.1 Å². The Morgan fingerprint density at radius 2 is 1.41 bits per heavy atom. The largest absolute Gasteiger partial charge is 0.461 e. The van der Waals surface area contributed by atoms with Crippen molar-refractivity contribution in [2.45, 2.75) is 89.9 Å². The third kappa shape index (κ3) is 4.63. The normalized spacial score (nSPS) is 29.7. The van der Waals surface area contributed by atoms with Gasteiger partial charge in [0.1, 0.15) is 17.1 Å². The van der Waals surface area contributed by atoms with Crippen LogP contribution in [0.5, 0.6) is 0 Å². The Bertz CT molecular complexity index is 2220. The average Bonchev–Trinajstić information content (AvgIpc) is 3.34. The molecule has 3 aliphatic heterocycles. The van der Waals surface area contributed by atoms with Crippen LogP contribution in [0, 0.1) is 23.2 Å². The van der Waals surface area contributed by atoms with Gasteiger partial charge in [-0.1, -0.05) is 52.0 Å². The number of benzene rings is 2. The van der Waals surface area contributed by atoms with Crippen LogP contribution in [0.15, 0.2) is 86.5 Å². The van der Waals surface area contributed by atoms with Crippen LogP contribution in [0.2, 0.25) is 0 Å². The molecule has 4 saturated carbocycles. The molecule has 0 spiro atoms. The minimum Gasteiger partial charge on any atom is -0.461 e. The van der Waals surface area contributed by atoms with Crippen LogP contribution in [0.1, 0.15) is 116 Å². The molecule has 4 bridgehead atoms. The van der Waals surface area contributed by atoms with Crippen LogP contribution in [0.25, 0.3) is 17.0 Å². The molecule has 0 N–H and O–H groups in total. The molecule has 0 amide bonds. The molecule has 0 radical (unpaired) electrons. The minimum absolute atomic E-state index is 0.00768. The summed E-state index contributed by atoms with van der Waals surface area (Å²) in [7, 11) is 0. The van der Waals surface area contributed by atoms with Crippen molar-refractivity contribution < 1.29 is 18.7 Å². The highest BCUT2D eigenvalue weighted by atomic mass is 16.5. The number of ether oxygens (including phenoxy) is 1. The van der Waals surface area contributed by atoms with Crippen molar-refractivity contribution >= 4 is 34.3 Å². The highest BCUT2D eigenvalue weighted by Gasteiger charge is 2.54. The van der Waals surface area contributed by atoms with Gasteiger partial charge >= 0.3 is 5.63 Å². The lowest BCUT2D eigenvalue weighted by molar-refractivity contribution is -0.0539. The van der Waals surface area contributed by atoms with Crippen molar-refractivity contribution in [1.82, 2.24) is 0 Å². The molecule has 0 unspecified atom stereocenters. The van der Waals surface area contributed by atoms with Crippen LogP contribution < -0.4 is 10.5 Å². The monoisotopic (exact) mass is 679 g/mol. The SMILES string of the molecule is CC1(C)CCN2CCC(C)(C)c3c2c1cc1cc(/C=C/C2=CC(=C4C(=O)c5ccccc5C4=O)C=C(C45CC6CC(CC(C6)C4)C5)O2)c(=O)oc31. The summed E-state index contributed by atoms with van der Waals surface area (Å²) in [6.45, 7) is 11.2. The highest BCUT2D eigenvalue weighted by Crippen LogP contribution is 2.63. The van der Waals surface area contributed by atoms with Gasteiger partial charge in [-0.3, -0.25) is 9.59 Å². The number of hydrogen-bond donors (Lipinski definition) is 0. The summed E-state index contributed by atoms with van der Waals surface area (Å²) in [6, 6.07) is 11.3. The summed E-state index contributed by atoms with van der Waals surface area (Å²) >= 11 is 0. The van der Waals surface area contributed by atoms with Gasteiger partial charge < -0.3 is 14.1 Å². The molecule has 1 aromatic heterocycles. The summed E-state index contributed by atoms with van der Waals surface area (Å²) in [6.07, 6.45) is 16.6. The van der Waals surface area contributed by atoms with Crippen molar-refractivity contribution in [1.29, 1.82) is 0 Å². The van der Waals surface area contributed by atoms with E-state index in [4.69, 9.17) is 9.15 Å². The van der Waals surface area contributed by atoms with Crippen LogP contribution in [0.3, 0.4) is 0 Å². The van der Waals surface area contributed by atoms with E-state index >= 15 is 0 Å². The fraction of sp³-hybridized carbons (Fsp3) is 0.444. The zero-order valence-electron chi connectivity index (χ0n) is 30.1. The number of anilines is 1. The van der Waals surface area contributed by atoms with E-state index in [1.54, 1.807) is 36.4 Å². The number of nitrogens with zero attached hydrogens (tertiary/aromatic N) is 1. The van der Waals surface area contributed by atoms with E-state index in [0.717, 1.165) is 61.9 Å². The van der Waals surface area contributed by atoms with Crippen LogP contribution in [-0.4, -0.2) is 24.7 Å². The van der Waals surface area contributed by atoms with Gasteiger partial charge in [-0.25, -0.2) is 4.79 Å². The molecule has 0 atom stereocenters. The maximum absolute atomic E-state index is 13.8. The third-order valence-corrected chi connectivity index (χ3v) is 13.7. The second kappa shape index (κ2) is 10.6. The summed E-state index contributed by atoms with van der Waals surface area (Å²) in [5.74, 6) is 3.01. The predicted molar refractivity (Wildman–Crippen MR) is 199 cm³/mol. The standard InChI is InChI=1S/C45H45NO5/c1-43(2)11-13-46-14-12-44(3,4)37-38(46)34(43)20-30-18-28(42(49)51-41(30)37)9-10-31-19-29(36-39(47)32-7-5-6-8-33(32)40(36)48)21-35(50-31)45-22-25-15-26(23-45)17-27(16-25)24-45/h5-10,18-21,25-27H,11-17,22-24H2,1-4H3/b10-9+. The molecular formula is C45H45NO5. The Morgan fingerprint density at radius 1 is 0.784 bits per heavy atom. The molecule has 3 aromatic rings. The zero-order valence-corrected chi connectivity index (χ0v) is 30.1. The molecule has 6 heteroatoms. The molecule has 8 aliphatic rings. The average molecular weight is 680 g/mol. The number of Topliss-reactive ketones (excluding diaryl/α,β-unsaturated/α-hetero) is 2. The van der Waals surface area contributed by atoms with Crippen molar-refractivity contribution in [3.63, 3.8) is 0 Å². The molecule has 260 valence electrons. The van der Waals surface area contributed by atoms with Crippen LogP contribution in [-0.2, 0) is 15.6 Å². The van der Waals surface area contributed by atoms with E-state index in [1.165, 1.54) is 30.5 Å². The lowest BCUT2D eigenvalue weighted by Gasteiger charge is -2.57. The number of ketones is 2. The maximum atomic E-state index is 13.8. The molecule has 6 nitrogen and oxygen atoms in total. The minimum atomic E-state index is -0.388. The second-order valence-corrected chi connectivity index (χ2v) is 18.0. The Morgan fingerprint density at radius 3 is 2.06 bits per heavy atom. The molecule has 11 rings (SSSR count). The molecule has 51 heavy (non-hydrogen) atoms. The first kappa shape index (κ1) is 31.3. The maximum Gasteiger partial charge on any atom is 0.343 e. The van der Waals surface area contributed by atoms with Crippen molar-refractivity contribution in [3.05, 3.63) is 116 Å². The highest BCUT2D eigenvalue weighted by molar-refractivity contribution is 6.40. The Labute approximate surface area is 298 Å². The first-order chi connectivity index (χ1) is 24.4. The molecule has 2 aromatic carbocycles. The van der Waals surface area contributed by atoms with E-state index in [-0.39, 0.29) is 39.0 Å². The Balaban J connectivity index is 1.08. The van der Waals surface area contributed by atoms with Gasteiger partial charge in [0, 0.05) is 46.3 Å². The van der Waals surface area contributed by atoms with Gasteiger partial charge in [0.2, 0.25) is 0 Å². The fourth-order valence-electron chi connectivity index (χ4n) is 11.4. The van der Waals surface area contributed by atoms with Crippen molar-refractivity contribution in [2.24, 2.45) is 23.2 Å². The molecule has 0 saturated heterocycles. The smallest absolute Gasteiger partial charge is 0.343 e. The van der Waals surface area contributed by atoms with Gasteiger partial charge in [0.25, 0.3) is 0 Å². The van der Waals surface area contributed by atoms with Gasteiger partial charge in [0.15, 0.2) is 11.6 Å². The molecule has 4 fully saturated rings. The predicted octanol–water partition coefficient (Wildman–Crippen LogP) is 9.37. The third-order valence-electron chi connectivity index (χ3n) is 13.7. The summed E-state index contributed by atoms with van der Waals surface area (Å²) in [5, 5.41) is 0.934. The summed E-state index contributed by atoms with van der Waals surface area (Å²) in [4.78, 5) is 43.7. The first-order valence-electron chi connectivity index (χ1n) is 19.0. The number of rotatable bonds is 3. The number of allylic oxidation sites excluding steroid dienone is 6. The first-order valence-corrected chi connectivity index (χ1v) is 19.0. The summed E-state index contributed by atoms with van der Waals surface area (Å²) < 4.78 is 13.0. The van der Waals surface area contributed by atoms with Gasteiger partial charge in [-0.2, -0.15) is 0 Å². The van der Waals surface area contributed by atoms with E-state index < -0.39 is 0 Å². The fourth-order valence-corrected chi connectivity index (χ4v) is 11.4. The molecule has 4 heterocycles. The second-order valence-electron chi connectivity index (χ2n) is 18.0. The topological polar surface area (TPSA) is 76.8 Å². The van der Waals surface area contributed by atoms with Crippen LogP contribution in [0.4, 0.5) is 5.69 Å². The Hall–Kier alpha value is -4.45. The van der Waals surface area contributed by atoms with Gasteiger partial charge in [-0.15, -0.1) is 0 Å². The molecular weight excluding hydrogens is 634 g/mol. The quantitative estimate of drug-likeness (QED) is 0.156. The zero-order chi connectivity index (χ0) is 35.0. The van der Waals surface area contributed by atoms with Crippen molar-refractivity contribution in [2.75, 3.05) is 18.0 Å². The van der Waals surface area contributed by atoms with E-state index in [1.807, 2.05) is 18.2 Å². The lowest BCUT2D eigenvalue weighted by atomic mass is 9.49. The number of carbonyl (C=O) groups is 2. The van der Waals surface area contributed by atoms with E-state index in [9.17, 15) is 14.4 Å². The van der Waals surface area contributed by atoms with Crippen LogP contribution >= 0.6 is 0 Å². The Kier molecular flexibility index (Phi) is 6.48. The number of carbonyl (C=O) groups excluding carboxylic acids is 2. The summed E-state index contributed by atoms with van der Waals surface area (Å²) in [5.41, 5.74) is 5.97. The van der Waals surface area contributed by atoms with Crippen molar-refractivity contribution in [3.8, 4) is 0 Å². The van der Waals surface area contributed by atoms with E-state index in [0.29, 0.717) is 51.4 Å². The number of hydrogen-bond acceptors (Lipinski definition) is 6.